The predicted molar refractivity (Wildman–Crippen MR) is 51.3 cm³/mol. The van der Waals surface area contributed by atoms with Crippen LogP contribution >= 0.6 is 11.6 Å². The fourth-order valence-corrected chi connectivity index (χ4v) is 1.15. The molecule has 2 N–H and O–H groups in total. The smallest absolute Gasteiger partial charge is 0.338 e. The van der Waals surface area contributed by atoms with E-state index >= 15 is 0 Å². The van der Waals surface area contributed by atoms with Gasteiger partial charge in [-0.05, 0) is 30.7 Å². The van der Waals surface area contributed by atoms with Crippen LogP contribution in [0.25, 0.3) is 0 Å². The second kappa shape index (κ2) is 5.16. The summed E-state index contributed by atoms with van der Waals surface area (Å²) in [5.41, 5.74) is 0. The molecule has 15 heavy (non-hydrogen) atoms. The van der Waals surface area contributed by atoms with Gasteiger partial charge in [0.2, 0.25) is 0 Å². The lowest BCUT2D eigenvalue weighted by Crippen LogP contribution is -2.29. The van der Waals surface area contributed by atoms with Crippen LogP contribution in [0.2, 0.25) is 5.22 Å². The molecular weight excluding hydrogens is 224 g/mol. The maximum Gasteiger partial charge on any atom is 0.338 e. The molecule has 1 heterocycles. The van der Waals surface area contributed by atoms with Crippen LogP contribution in [0.4, 0.5) is 0 Å². The van der Waals surface area contributed by atoms with Crippen molar-refractivity contribution in [2.24, 2.45) is 0 Å². The van der Waals surface area contributed by atoms with Gasteiger partial charge in [-0.2, -0.15) is 0 Å². The van der Waals surface area contributed by atoms with E-state index in [0.717, 1.165) is 0 Å². The number of carbonyl (C=O) groups is 1. The number of hydrogen-bond acceptors (Lipinski definition) is 5. The molecule has 0 radical (unpaired) electrons. The number of furan rings is 1. The summed E-state index contributed by atoms with van der Waals surface area (Å²) in [4.78, 5) is 11.1. The third-order valence-electron chi connectivity index (χ3n) is 1.71. The Labute approximate surface area is 91.2 Å². The Hall–Kier alpha value is -1.04. The van der Waals surface area contributed by atoms with E-state index in [4.69, 9.17) is 16.0 Å². The van der Waals surface area contributed by atoms with E-state index < -0.39 is 18.2 Å². The Bertz CT molecular complexity index is 335. The van der Waals surface area contributed by atoms with Crippen molar-refractivity contribution in [1.29, 1.82) is 0 Å². The first-order chi connectivity index (χ1) is 7.06. The van der Waals surface area contributed by atoms with E-state index in [1.54, 1.807) is 6.92 Å². The Morgan fingerprint density at radius 1 is 1.60 bits per heavy atom. The second-order valence-electron chi connectivity index (χ2n) is 2.78. The molecule has 0 aromatic carbocycles. The van der Waals surface area contributed by atoms with Gasteiger partial charge in [0.1, 0.15) is 11.9 Å². The Kier molecular flexibility index (Phi) is 4.14. The van der Waals surface area contributed by atoms with Crippen LogP contribution in [0.5, 0.6) is 0 Å². The fourth-order valence-electron chi connectivity index (χ4n) is 0.999. The van der Waals surface area contributed by atoms with Crippen LogP contribution in [0.1, 0.15) is 18.8 Å². The molecule has 1 aromatic rings. The predicted octanol–water partition coefficient (Wildman–Crippen LogP) is 0.890. The summed E-state index contributed by atoms with van der Waals surface area (Å²) in [5, 5.41) is 18.9. The normalized spacial score (nSPS) is 14.7. The molecule has 1 aromatic heterocycles. The van der Waals surface area contributed by atoms with Gasteiger partial charge in [0.15, 0.2) is 11.3 Å². The summed E-state index contributed by atoms with van der Waals surface area (Å²) < 4.78 is 9.37. The highest BCUT2D eigenvalue weighted by Gasteiger charge is 2.29. The SMILES string of the molecule is CCOC(=O)C(O)C(O)c1ccc(Cl)o1. The summed E-state index contributed by atoms with van der Waals surface area (Å²) >= 11 is 5.47. The summed E-state index contributed by atoms with van der Waals surface area (Å²) in [6.07, 6.45) is -3.15. The first-order valence-corrected chi connectivity index (χ1v) is 4.72. The standard InChI is InChI=1S/C9H11ClO5/c1-2-14-9(13)8(12)7(11)5-3-4-6(10)15-5/h3-4,7-8,11-12H,2H2,1H3. The van der Waals surface area contributed by atoms with Crippen molar-refractivity contribution < 1.29 is 24.2 Å². The van der Waals surface area contributed by atoms with E-state index in [0.29, 0.717) is 0 Å². The molecule has 0 spiro atoms. The molecule has 2 unspecified atom stereocenters. The minimum absolute atomic E-state index is 0.0144. The number of aliphatic hydroxyl groups is 2. The molecule has 0 aliphatic carbocycles. The van der Waals surface area contributed by atoms with Crippen molar-refractivity contribution in [2.45, 2.75) is 19.1 Å². The lowest BCUT2D eigenvalue weighted by atomic mass is 10.1. The highest BCUT2D eigenvalue weighted by Crippen LogP contribution is 2.22. The van der Waals surface area contributed by atoms with Gasteiger partial charge in [0.25, 0.3) is 0 Å². The Morgan fingerprint density at radius 3 is 2.73 bits per heavy atom. The maximum atomic E-state index is 11.1. The van der Waals surface area contributed by atoms with Crippen LogP contribution in [0.15, 0.2) is 16.5 Å². The fraction of sp³-hybridized carbons (Fsp3) is 0.444. The first-order valence-electron chi connectivity index (χ1n) is 4.34. The van der Waals surface area contributed by atoms with Gasteiger partial charge in [-0.15, -0.1) is 0 Å². The van der Waals surface area contributed by atoms with E-state index in [2.05, 4.69) is 4.74 Å². The molecule has 0 saturated carbocycles. The lowest BCUT2D eigenvalue weighted by molar-refractivity contribution is -0.160. The average Bonchev–Trinajstić information content (AvgIpc) is 2.63. The molecule has 1 rings (SSSR count). The van der Waals surface area contributed by atoms with Crippen molar-refractivity contribution >= 4 is 17.6 Å². The maximum absolute atomic E-state index is 11.1. The zero-order chi connectivity index (χ0) is 11.4. The summed E-state index contributed by atoms with van der Waals surface area (Å²) in [5.74, 6) is -0.891. The van der Waals surface area contributed by atoms with Gasteiger partial charge < -0.3 is 19.4 Å². The molecule has 6 heteroatoms. The number of aliphatic hydroxyl groups excluding tert-OH is 2. The summed E-state index contributed by atoms with van der Waals surface area (Å²) in [6.45, 7) is 1.72. The van der Waals surface area contributed by atoms with Gasteiger partial charge in [-0.1, -0.05) is 0 Å². The average molecular weight is 235 g/mol. The van der Waals surface area contributed by atoms with Crippen LogP contribution in [-0.4, -0.2) is 28.9 Å². The van der Waals surface area contributed by atoms with Gasteiger partial charge in [0, 0.05) is 0 Å². The number of ether oxygens (including phenoxy) is 1. The van der Waals surface area contributed by atoms with Gasteiger partial charge in [-0.25, -0.2) is 4.79 Å². The summed E-state index contributed by atoms with van der Waals surface area (Å²) in [7, 11) is 0. The van der Waals surface area contributed by atoms with E-state index in [1.807, 2.05) is 0 Å². The molecule has 0 amide bonds. The molecular formula is C9H11ClO5. The number of rotatable bonds is 4. The third kappa shape index (κ3) is 2.95. The van der Waals surface area contributed by atoms with E-state index in [-0.39, 0.29) is 17.6 Å². The Balaban J connectivity index is 2.67. The lowest BCUT2D eigenvalue weighted by Gasteiger charge is -2.13. The molecule has 0 aliphatic heterocycles. The van der Waals surface area contributed by atoms with E-state index in [1.165, 1.54) is 12.1 Å². The quantitative estimate of drug-likeness (QED) is 0.757. The minimum atomic E-state index is -1.67. The molecule has 84 valence electrons. The monoisotopic (exact) mass is 234 g/mol. The number of halogens is 1. The molecule has 0 fully saturated rings. The van der Waals surface area contributed by atoms with E-state index in [9.17, 15) is 15.0 Å². The summed E-state index contributed by atoms with van der Waals surface area (Å²) in [6, 6.07) is 2.77. The zero-order valence-corrected chi connectivity index (χ0v) is 8.77. The van der Waals surface area contributed by atoms with Crippen LogP contribution in [0, 0.1) is 0 Å². The number of carbonyl (C=O) groups excluding carboxylic acids is 1. The van der Waals surface area contributed by atoms with Gasteiger partial charge >= 0.3 is 5.97 Å². The largest absolute Gasteiger partial charge is 0.464 e. The zero-order valence-electron chi connectivity index (χ0n) is 8.01. The van der Waals surface area contributed by atoms with Crippen molar-refractivity contribution in [3.63, 3.8) is 0 Å². The highest BCUT2D eigenvalue weighted by molar-refractivity contribution is 6.28. The van der Waals surface area contributed by atoms with Gasteiger partial charge in [-0.3, -0.25) is 0 Å². The Morgan fingerprint density at radius 2 is 2.27 bits per heavy atom. The highest BCUT2D eigenvalue weighted by atomic mass is 35.5. The van der Waals surface area contributed by atoms with Gasteiger partial charge in [0.05, 0.1) is 6.61 Å². The molecule has 0 saturated heterocycles. The number of hydrogen-bond donors (Lipinski definition) is 2. The molecule has 0 bridgehead atoms. The first kappa shape index (κ1) is 12.0. The van der Waals surface area contributed by atoms with Crippen molar-refractivity contribution in [3.05, 3.63) is 23.1 Å². The number of esters is 1. The topological polar surface area (TPSA) is 79.9 Å². The second-order valence-corrected chi connectivity index (χ2v) is 3.16. The molecule has 0 aliphatic rings. The van der Waals surface area contributed by atoms with Crippen molar-refractivity contribution in [2.75, 3.05) is 6.61 Å². The molecule has 2 atom stereocenters. The van der Waals surface area contributed by atoms with Crippen LogP contribution in [-0.2, 0) is 9.53 Å². The van der Waals surface area contributed by atoms with Crippen molar-refractivity contribution in [3.8, 4) is 0 Å². The van der Waals surface area contributed by atoms with Crippen LogP contribution < -0.4 is 0 Å². The van der Waals surface area contributed by atoms with Crippen LogP contribution in [0.3, 0.4) is 0 Å². The van der Waals surface area contributed by atoms with Crippen molar-refractivity contribution in [1.82, 2.24) is 0 Å². The minimum Gasteiger partial charge on any atom is -0.464 e. The third-order valence-corrected chi connectivity index (χ3v) is 1.92. The molecule has 5 nitrogen and oxygen atoms in total.